The number of amides is 1. The summed E-state index contributed by atoms with van der Waals surface area (Å²) in [4.78, 5) is 14.1. The Kier molecular flexibility index (Phi) is 4.82. The summed E-state index contributed by atoms with van der Waals surface area (Å²) in [7, 11) is 1.65. The van der Waals surface area contributed by atoms with Crippen molar-refractivity contribution in [2.45, 2.75) is 38.8 Å². The molecule has 1 saturated heterocycles. The van der Waals surface area contributed by atoms with Crippen molar-refractivity contribution < 1.29 is 14.3 Å². The normalized spacial score (nSPS) is 17.8. The molecule has 25 heavy (non-hydrogen) atoms. The van der Waals surface area contributed by atoms with Crippen molar-refractivity contribution in [1.82, 2.24) is 0 Å². The molecule has 4 nitrogen and oxygen atoms in total. The minimum Gasteiger partial charge on any atom is -0.497 e. The third kappa shape index (κ3) is 3.85. The molecule has 0 spiro atoms. The molecule has 1 amide bonds. The molecular weight excluding hydrogens is 314 g/mol. The standard InChI is InChI=1S/C21H25NO3/c1-21(2,3)16-8-10-17(11-9-16)22-19(23)14-25-20(22)13-15-6-5-7-18(12-15)24-4/h5-12,20H,13-14H2,1-4H3. The van der Waals surface area contributed by atoms with E-state index in [9.17, 15) is 4.79 Å². The molecule has 132 valence electrons. The van der Waals surface area contributed by atoms with Crippen LogP contribution >= 0.6 is 0 Å². The van der Waals surface area contributed by atoms with E-state index in [4.69, 9.17) is 9.47 Å². The number of benzene rings is 2. The Hall–Kier alpha value is -2.33. The van der Waals surface area contributed by atoms with E-state index in [1.54, 1.807) is 12.0 Å². The zero-order valence-corrected chi connectivity index (χ0v) is 15.3. The number of rotatable bonds is 4. The van der Waals surface area contributed by atoms with Gasteiger partial charge in [-0.2, -0.15) is 0 Å². The second-order valence-corrected chi connectivity index (χ2v) is 7.38. The summed E-state index contributed by atoms with van der Waals surface area (Å²) in [6.07, 6.45) is 0.337. The number of methoxy groups -OCH3 is 1. The van der Waals surface area contributed by atoms with Crippen LogP contribution in [-0.4, -0.2) is 25.9 Å². The van der Waals surface area contributed by atoms with E-state index >= 15 is 0 Å². The van der Waals surface area contributed by atoms with Gasteiger partial charge in [0.05, 0.1) is 7.11 Å². The molecule has 1 atom stereocenters. The molecule has 1 aliphatic rings. The first-order chi connectivity index (χ1) is 11.9. The predicted molar refractivity (Wildman–Crippen MR) is 99.1 cm³/mol. The average molecular weight is 339 g/mol. The highest BCUT2D eigenvalue weighted by Crippen LogP contribution is 2.29. The van der Waals surface area contributed by atoms with Crippen LogP contribution in [0, 0.1) is 0 Å². The van der Waals surface area contributed by atoms with Crippen LogP contribution in [0.25, 0.3) is 0 Å². The van der Waals surface area contributed by atoms with Gasteiger partial charge in [-0.1, -0.05) is 45.0 Å². The van der Waals surface area contributed by atoms with Gasteiger partial charge in [0.1, 0.15) is 18.6 Å². The lowest BCUT2D eigenvalue weighted by Crippen LogP contribution is -2.35. The smallest absolute Gasteiger partial charge is 0.255 e. The maximum Gasteiger partial charge on any atom is 0.255 e. The lowest BCUT2D eigenvalue weighted by atomic mass is 9.87. The number of carbonyl (C=O) groups is 1. The third-order valence-corrected chi connectivity index (χ3v) is 4.51. The van der Waals surface area contributed by atoms with Gasteiger partial charge in [-0.3, -0.25) is 9.69 Å². The largest absolute Gasteiger partial charge is 0.497 e. The van der Waals surface area contributed by atoms with Gasteiger partial charge in [-0.15, -0.1) is 0 Å². The van der Waals surface area contributed by atoms with Crippen molar-refractivity contribution in [3.8, 4) is 5.75 Å². The van der Waals surface area contributed by atoms with Crippen molar-refractivity contribution in [2.24, 2.45) is 0 Å². The zero-order chi connectivity index (χ0) is 18.0. The summed E-state index contributed by atoms with van der Waals surface area (Å²) in [5.41, 5.74) is 3.29. The molecule has 3 rings (SSSR count). The number of anilines is 1. The van der Waals surface area contributed by atoms with Crippen LogP contribution in [0.1, 0.15) is 31.9 Å². The maximum absolute atomic E-state index is 12.4. The SMILES string of the molecule is COc1cccc(CC2OCC(=O)N2c2ccc(C(C)(C)C)cc2)c1. The van der Waals surface area contributed by atoms with Crippen LogP contribution in [0.5, 0.6) is 5.75 Å². The molecule has 1 aliphatic heterocycles. The fraction of sp³-hybridized carbons (Fsp3) is 0.381. The molecule has 0 saturated carbocycles. The second-order valence-electron chi connectivity index (χ2n) is 7.38. The minimum absolute atomic E-state index is 0.00333. The van der Waals surface area contributed by atoms with Crippen LogP contribution in [0.15, 0.2) is 48.5 Å². The van der Waals surface area contributed by atoms with Crippen molar-refractivity contribution in [1.29, 1.82) is 0 Å². The Morgan fingerprint density at radius 3 is 2.52 bits per heavy atom. The molecule has 2 aromatic rings. The Bertz CT molecular complexity index is 746. The summed E-state index contributed by atoms with van der Waals surface area (Å²) in [5.74, 6) is 0.805. The molecular formula is C21H25NO3. The van der Waals surface area contributed by atoms with E-state index in [0.29, 0.717) is 6.42 Å². The molecule has 0 radical (unpaired) electrons. The first-order valence-corrected chi connectivity index (χ1v) is 8.55. The van der Waals surface area contributed by atoms with E-state index in [1.165, 1.54) is 5.56 Å². The van der Waals surface area contributed by atoms with Gasteiger partial charge < -0.3 is 9.47 Å². The Morgan fingerprint density at radius 1 is 1.16 bits per heavy atom. The molecule has 1 unspecified atom stereocenters. The topological polar surface area (TPSA) is 38.8 Å². The third-order valence-electron chi connectivity index (χ3n) is 4.51. The number of ether oxygens (including phenoxy) is 2. The van der Waals surface area contributed by atoms with Crippen LogP contribution in [-0.2, 0) is 21.4 Å². The van der Waals surface area contributed by atoms with Gasteiger partial charge >= 0.3 is 0 Å². The van der Waals surface area contributed by atoms with Crippen molar-refractivity contribution >= 4 is 11.6 Å². The second kappa shape index (κ2) is 6.89. The molecule has 0 bridgehead atoms. The van der Waals surface area contributed by atoms with Crippen LogP contribution in [0.2, 0.25) is 0 Å². The molecule has 1 fully saturated rings. The lowest BCUT2D eigenvalue weighted by Gasteiger charge is -2.25. The predicted octanol–water partition coefficient (Wildman–Crippen LogP) is 3.92. The molecule has 2 aromatic carbocycles. The summed E-state index contributed by atoms with van der Waals surface area (Å²) in [6, 6.07) is 16.0. The van der Waals surface area contributed by atoms with E-state index in [-0.39, 0.29) is 24.2 Å². The van der Waals surface area contributed by atoms with E-state index in [1.807, 2.05) is 36.4 Å². The number of hydrogen-bond acceptors (Lipinski definition) is 3. The first kappa shape index (κ1) is 17.5. The Balaban J connectivity index is 1.82. The fourth-order valence-corrected chi connectivity index (χ4v) is 3.06. The zero-order valence-electron chi connectivity index (χ0n) is 15.3. The van der Waals surface area contributed by atoms with Crippen molar-refractivity contribution in [3.05, 3.63) is 59.7 Å². The molecule has 0 aliphatic carbocycles. The van der Waals surface area contributed by atoms with Crippen LogP contribution in [0.4, 0.5) is 5.69 Å². The molecule has 0 N–H and O–H groups in total. The minimum atomic E-state index is -0.292. The lowest BCUT2D eigenvalue weighted by molar-refractivity contribution is -0.117. The molecule has 0 aromatic heterocycles. The van der Waals surface area contributed by atoms with Gasteiger partial charge in [-0.25, -0.2) is 0 Å². The van der Waals surface area contributed by atoms with Crippen molar-refractivity contribution in [2.75, 3.05) is 18.6 Å². The highest BCUT2D eigenvalue weighted by Gasteiger charge is 2.33. The van der Waals surface area contributed by atoms with Gasteiger partial charge in [0, 0.05) is 12.1 Å². The molecule has 4 heteroatoms. The first-order valence-electron chi connectivity index (χ1n) is 8.55. The fourth-order valence-electron chi connectivity index (χ4n) is 3.06. The number of nitrogens with zero attached hydrogens (tertiary/aromatic N) is 1. The molecule has 1 heterocycles. The number of hydrogen-bond donors (Lipinski definition) is 0. The van der Waals surface area contributed by atoms with Crippen LogP contribution < -0.4 is 9.64 Å². The van der Waals surface area contributed by atoms with E-state index in [0.717, 1.165) is 17.0 Å². The summed E-state index contributed by atoms with van der Waals surface area (Å²) in [6.45, 7) is 6.66. The van der Waals surface area contributed by atoms with E-state index < -0.39 is 0 Å². The van der Waals surface area contributed by atoms with Gasteiger partial charge in [-0.05, 0) is 40.8 Å². The Morgan fingerprint density at radius 2 is 1.88 bits per heavy atom. The average Bonchev–Trinajstić information content (AvgIpc) is 2.95. The maximum atomic E-state index is 12.4. The van der Waals surface area contributed by atoms with Crippen molar-refractivity contribution in [3.63, 3.8) is 0 Å². The van der Waals surface area contributed by atoms with Gasteiger partial charge in [0.15, 0.2) is 0 Å². The quantitative estimate of drug-likeness (QED) is 0.847. The Labute approximate surface area is 149 Å². The van der Waals surface area contributed by atoms with E-state index in [2.05, 4.69) is 32.9 Å². The van der Waals surface area contributed by atoms with Crippen LogP contribution in [0.3, 0.4) is 0 Å². The summed E-state index contributed by atoms with van der Waals surface area (Å²) >= 11 is 0. The summed E-state index contributed by atoms with van der Waals surface area (Å²) < 4.78 is 11.0. The highest BCUT2D eigenvalue weighted by atomic mass is 16.5. The summed E-state index contributed by atoms with van der Waals surface area (Å²) in [5, 5.41) is 0. The highest BCUT2D eigenvalue weighted by molar-refractivity contribution is 5.96. The number of carbonyl (C=O) groups excluding carboxylic acids is 1. The van der Waals surface area contributed by atoms with Gasteiger partial charge in [0.25, 0.3) is 5.91 Å². The monoisotopic (exact) mass is 339 g/mol. The van der Waals surface area contributed by atoms with Gasteiger partial charge in [0.2, 0.25) is 0 Å².